The fourth-order valence-corrected chi connectivity index (χ4v) is 8.31. The quantitative estimate of drug-likeness (QED) is 0.0193. The second-order valence-corrected chi connectivity index (χ2v) is 18.8. The van der Waals surface area contributed by atoms with Crippen LogP contribution in [0.2, 0.25) is 0 Å². The van der Waals surface area contributed by atoms with Gasteiger partial charge in [0.25, 0.3) is 0 Å². The third-order valence-electron chi connectivity index (χ3n) is 12.3. The molecule has 23 heteroatoms. The van der Waals surface area contributed by atoms with E-state index in [4.69, 9.17) is 11.5 Å². The number of imidazole rings is 1. The number of aromatic amines is 1. The summed E-state index contributed by atoms with van der Waals surface area (Å²) in [5, 5.41) is 29.2. The van der Waals surface area contributed by atoms with Crippen LogP contribution in [0, 0.1) is 11.8 Å². The van der Waals surface area contributed by atoms with E-state index >= 15 is 0 Å². The Kier molecular flexibility index (Phi) is 23.0. The first kappa shape index (κ1) is 57.6. The Morgan fingerprint density at radius 2 is 1.42 bits per heavy atom. The van der Waals surface area contributed by atoms with Crippen LogP contribution in [-0.4, -0.2) is 142 Å². The lowest BCUT2D eigenvalue weighted by Gasteiger charge is -2.32. The van der Waals surface area contributed by atoms with Crippen molar-refractivity contribution in [3.05, 3.63) is 83.9 Å². The molecule has 3 aromatic rings. The number of aliphatic carboxylic acids is 1. The zero-order valence-electron chi connectivity index (χ0n) is 41.5. The van der Waals surface area contributed by atoms with E-state index in [1.54, 1.807) is 82.4 Å². The highest BCUT2D eigenvalue weighted by Gasteiger charge is 2.41. The van der Waals surface area contributed by atoms with Gasteiger partial charge in [0.1, 0.15) is 42.3 Å². The van der Waals surface area contributed by atoms with Crippen LogP contribution >= 0.6 is 12.6 Å². The minimum atomic E-state index is -1.30. The Labute approximate surface area is 425 Å². The fraction of sp³-hybridized carbons (Fsp3) is 0.510. The van der Waals surface area contributed by atoms with Gasteiger partial charge in [-0.3, -0.25) is 38.6 Å². The molecule has 1 aromatic heterocycles. The lowest BCUT2D eigenvalue weighted by atomic mass is 9.96. The van der Waals surface area contributed by atoms with E-state index in [0.717, 1.165) is 0 Å². The molecular formula is C49H71N13O9S. The van der Waals surface area contributed by atoms with E-state index in [-0.39, 0.29) is 57.7 Å². The molecule has 0 unspecified atom stereocenters. The lowest BCUT2D eigenvalue weighted by Crippen LogP contribution is -2.62. The monoisotopic (exact) mass is 1020 g/mol. The number of nitrogens with zero attached hydrogens (tertiary/aromatic N) is 3. The lowest BCUT2D eigenvalue weighted by molar-refractivity contribution is -0.145. The number of carbonyl (C=O) groups excluding carboxylic acids is 7. The highest BCUT2D eigenvalue weighted by Crippen LogP contribution is 2.21. The molecule has 7 amide bonds. The van der Waals surface area contributed by atoms with E-state index in [9.17, 15) is 43.5 Å². The van der Waals surface area contributed by atoms with E-state index < -0.39 is 101 Å². The largest absolute Gasteiger partial charge is 0.480 e. The minimum Gasteiger partial charge on any atom is -0.480 e. The molecule has 0 spiro atoms. The molecule has 0 radical (unpaired) electrons. The van der Waals surface area contributed by atoms with Crippen molar-refractivity contribution in [2.45, 2.75) is 126 Å². The van der Waals surface area contributed by atoms with Crippen LogP contribution in [0.5, 0.6) is 0 Å². The third kappa shape index (κ3) is 18.0. The summed E-state index contributed by atoms with van der Waals surface area (Å²) in [4.78, 5) is 123. The van der Waals surface area contributed by atoms with Gasteiger partial charge in [0.05, 0.1) is 12.9 Å². The number of carbonyl (C=O) groups is 8. The highest BCUT2D eigenvalue weighted by molar-refractivity contribution is 7.80. The van der Waals surface area contributed by atoms with E-state index in [1.807, 2.05) is 6.92 Å². The number of hydrogen-bond acceptors (Lipinski definition) is 12. The van der Waals surface area contributed by atoms with Crippen molar-refractivity contribution in [1.82, 2.24) is 52.1 Å². The number of likely N-dealkylation sites (tertiary alicyclic amines) is 1. The topological polar surface area (TPSA) is 337 Å². The van der Waals surface area contributed by atoms with E-state index in [2.05, 4.69) is 64.8 Å². The maximum Gasteiger partial charge on any atom is 0.326 e. The molecule has 1 aliphatic rings. The zero-order chi connectivity index (χ0) is 52.9. The van der Waals surface area contributed by atoms with Gasteiger partial charge in [-0.15, -0.1) is 12.6 Å². The number of H-pyrrole nitrogens is 1. The molecule has 2 aromatic carbocycles. The molecule has 13 N–H and O–H groups in total. The summed E-state index contributed by atoms with van der Waals surface area (Å²) in [7, 11) is 1.58. The molecule has 8 atom stereocenters. The van der Waals surface area contributed by atoms with Gasteiger partial charge in [-0.1, -0.05) is 76.6 Å². The Bertz CT molecular complexity index is 2310. The van der Waals surface area contributed by atoms with Crippen LogP contribution in [0.15, 0.2) is 77.0 Å². The van der Waals surface area contributed by atoms with Crippen molar-refractivity contribution < 1.29 is 43.5 Å². The minimum absolute atomic E-state index is 0.0214. The second-order valence-electron chi connectivity index (χ2n) is 18.3. The maximum absolute atomic E-state index is 14.6. The smallest absolute Gasteiger partial charge is 0.326 e. The summed E-state index contributed by atoms with van der Waals surface area (Å²) in [5.74, 6) is -6.90. The normalized spacial score (nSPS) is 16.2. The Morgan fingerprint density at radius 1 is 0.792 bits per heavy atom. The van der Waals surface area contributed by atoms with Crippen molar-refractivity contribution >= 4 is 65.9 Å². The zero-order valence-corrected chi connectivity index (χ0v) is 42.4. The Balaban J connectivity index is 1.58. The van der Waals surface area contributed by atoms with Crippen molar-refractivity contribution in [1.29, 1.82) is 0 Å². The number of aromatic nitrogens is 2. The van der Waals surface area contributed by atoms with Gasteiger partial charge in [0, 0.05) is 49.1 Å². The molecule has 1 fully saturated rings. The molecule has 72 heavy (non-hydrogen) atoms. The van der Waals surface area contributed by atoms with Crippen LogP contribution in [-0.2, 0) is 57.6 Å². The van der Waals surface area contributed by atoms with Crippen molar-refractivity contribution in [2.75, 3.05) is 26.7 Å². The predicted octanol–water partition coefficient (Wildman–Crippen LogP) is -0.314. The molecule has 0 aliphatic carbocycles. The summed E-state index contributed by atoms with van der Waals surface area (Å²) in [6, 6.07) is 7.39. The summed E-state index contributed by atoms with van der Waals surface area (Å²) in [6.07, 6.45) is 4.38. The summed E-state index contributed by atoms with van der Waals surface area (Å²) >= 11 is 4.38. The standard InChI is InChI=1S/C49H71N13O9S/c1-6-29(4)41(46(68)58-36(24-32-25-53-27-55-32)47(69)62-21-11-15-38(62)44(66)59-37(48(70)71)23-30-12-8-7-9-13-30)61-43(65)35(22-31-16-18-33(72)19-17-31)57-45(67)40(28(2)3)60-42(64)34(56-39(63)26-52-5)14-10-20-54-49(50)51/h7-9,12-13,16-19,25,27-29,34-38,40-41,52,72H,6,10-11,14-15,20-24,26H2,1-5H3,(H,53,55)(H,56,63)(H,57,67)(H,58,68)(H,59,66)(H,60,64)(H,61,65)(H,70,71)(H4,50,51,54)/t29-,34-,35-,36-,37-,38-,40-,41-/m0/s1. The molecule has 0 saturated carbocycles. The van der Waals surface area contributed by atoms with Gasteiger partial charge >= 0.3 is 5.97 Å². The number of hydrogen-bond donors (Lipinski definition) is 12. The van der Waals surface area contributed by atoms with Gasteiger partial charge in [0.15, 0.2) is 5.96 Å². The average Bonchev–Trinajstić information content (AvgIpc) is 4.06. The predicted molar refractivity (Wildman–Crippen MR) is 272 cm³/mol. The van der Waals surface area contributed by atoms with Crippen molar-refractivity contribution in [2.24, 2.45) is 28.3 Å². The van der Waals surface area contributed by atoms with E-state index in [0.29, 0.717) is 41.0 Å². The first-order valence-electron chi connectivity index (χ1n) is 24.1. The third-order valence-corrected chi connectivity index (χ3v) is 12.6. The molecule has 22 nitrogen and oxygen atoms in total. The number of carboxylic acid groups (broad SMARTS) is 1. The van der Waals surface area contributed by atoms with Crippen LogP contribution in [0.25, 0.3) is 0 Å². The van der Waals surface area contributed by atoms with Crippen LogP contribution in [0.3, 0.4) is 0 Å². The number of carboxylic acids is 1. The number of aliphatic imine (C=N–C) groups is 1. The number of nitrogens with one attached hydrogen (secondary N) is 8. The van der Waals surface area contributed by atoms with E-state index in [1.165, 1.54) is 17.4 Å². The number of nitrogens with two attached hydrogens (primary N) is 2. The van der Waals surface area contributed by atoms with Gasteiger partial charge < -0.3 is 63.7 Å². The van der Waals surface area contributed by atoms with Gasteiger partial charge in [-0.25, -0.2) is 9.78 Å². The fourth-order valence-electron chi connectivity index (χ4n) is 8.16. The molecule has 4 rings (SSSR count). The van der Waals surface area contributed by atoms with Gasteiger partial charge in [0.2, 0.25) is 41.4 Å². The molecule has 1 aliphatic heterocycles. The molecular weight excluding hydrogens is 947 g/mol. The number of benzene rings is 2. The second kappa shape index (κ2) is 28.7. The summed E-state index contributed by atoms with van der Waals surface area (Å²) in [5.41, 5.74) is 12.7. The van der Waals surface area contributed by atoms with Crippen LogP contribution in [0.1, 0.15) is 76.6 Å². The average molecular weight is 1020 g/mol. The molecule has 2 heterocycles. The van der Waals surface area contributed by atoms with Crippen LogP contribution in [0.4, 0.5) is 0 Å². The highest BCUT2D eigenvalue weighted by atomic mass is 32.1. The number of amides is 7. The Hall–Kier alpha value is -7.01. The molecule has 392 valence electrons. The number of guanidine groups is 1. The molecule has 0 bridgehead atoms. The van der Waals surface area contributed by atoms with Crippen LogP contribution < -0.4 is 48.7 Å². The molecule has 1 saturated heterocycles. The van der Waals surface area contributed by atoms with Crippen molar-refractivity contribution in [3.8, 4) is 0 Å². The number of thiol groups is 1. The maximum atomic E-state index is 14.6. The first-order chi connectivity index (χ1) is 34.3. The van der Waals surface area contributed by atoms with Crippen molar-refractivity contribution in [3.63, 3.8) is 0 Å². The number of likely N-dealkylation sites (N-methyl/N-ethyl adjacent to an activating group) is 1. The first-order valence-corrected chi connectivity index (χ1v) is 24.6. The van der Waals surface area contributed by atoms with Gasteiger partial charge in [-0.2, -0.15) is 0 Å². The summed E-state index contributed by atoms with van der Waals surface area (Å²) in [6.45, 7) is 7.26. The Morgan fingerprint density at radius 3 is 2.03 bits per heavy atom. The summed E-state index contributed by atoms with van der Waals surface area (Å²) < 4.78 is 0. The van der Waals surface area contributed by atoms with Gasteiger partial charge in [-0.05, 0) is 67.8 Å². The SMILES string of the molecule is CC[C@H](C)[C@H](NC(=O)[C@H](Cc1ccc(S)cc1)NC(=O)[C@@H](NC(=O)[C@H](CCCN=C(N)N)NC(=O)CNC)C(C)C)C(=O)N[C@@H](Cc1cnc[nH]1)C(=O)N1CCC[C@H]1C(=O)N[C@@H](Cc1ccccc1)C(=O)O. The number of rotatable bonds is 28.